The fourth-order valence-corrected chi connectivity index (χ4v) is 1.48. The maximum atomic E-state index is 5.84. The van der Waals surface area contributed by atoms with Crippen molar-refractivity contribution in [2.24, 2.45) is 0 Å². The highest BCUT2D eigenvalue weighted by molar-refractivity contribution is 5.32. The topological polar surface area (TPSA) is 37.4 Å². The van der Waals surface area contributed by atoms with E-state index >= 15 is 0 Å². The molecule has 0 saturated carbocycles. The molecule has 0 aliphatic rings. The van der Waals surface area contributed by atoms with Crippen LogP contribution in [-0.2, 0) is 6.54 Å². The van der Waals surface area contributed by atoms with E-state index in [4.69, 9.17) is 4.74 Å². The van der Waals surface area contributed by atoms with Crippen LogP contribution < -0.4 is 10.1 Å². The van der Waals surface area contributed by atoms with Gasteiger partial charge in [-0.25, -0.2) is 0 Å². The quantitative estimate of drug-likeness (QED) is 0.802. The Morgan fingerprint density at radius 1 is 1.39 bits per heavy atom. The molecule has 4 nitrogen and oxygen atoms in total. The van der Waals surface area contributed by atoms with Crippen molar-refractivity contribution in [2.45, 2.75) is 33.4 Å². The Balaban J connectivity index is 2.64. The number of nitrogens with zero attached hydrogens (tertiary/aromatic N) is 2. The predicted molar refractivity (Wildman–Crippen MR) is 75.0 cm³/mol. The van der Waals surface area contributed by atoms with Crippen molar-refractivity contribution in [2.75, 3.05) is 27.2 Å². The van der Waals surface area contributed by atoms with Gasteiger partial charge >= 0.3 is 0 Å². The van der Waals surface area contributed by atoms with E-state index in [2.05, 4.69) is 29.0 Å². The van der Waals surface area contributed by atoms with E-state index in [-0.39, 0.29) is 0 Å². The lowest BCUT2D eigenvalue weighted by molar-refractivity contribution is 0.258. The van der Waals surface area contributed by atoms with Gasteiger partial charge in [0.05, 0.1) is 0 Å². The first-order chi connectivity index (χ1) is 8.49. The molecule has 102 valence electrons. The average Bonchev–Trinajstić information content (AvgIpc) is 2.27. The second-order valence-corrected chi connectivity index (χ2v) is 5.12. The molecule has 1 aromatic heterocycles. The molecule has 0 saturated heterocycles. The summed E-state index contributed by atoms with van der Waals surface area (Å²) < 4.78 is 5.84. The molecule has 4 heteroatoms. The van der Waals surface area contributed by atoms with Crippen molar-refractivity contribution >= 4 is 0 Å². The number of hydrogen-bond acceptors (Lipinski definition) is 4. The van der Waals surface area contributed by atoms with Crippen LogP contribution in [0.1, 0.15) is 25.1 Å². The number of aryl methyl sites for hydroxylation is 1. The molecule has 0 radical (unpaired) electrons. The molecule has 0 aliphatic carbocycles. The molecule has 1 heterocycles. The smallest absolute Gasteiger partial charge is 0.127 e. The number of aromatic nitrogens is 1. The highest BCUT2D eigenvalue weighted by atomic mass is 16.5. The number of nitrogens with one attached hydrogen (secondary N) is 1. The molecule has 0 atom stereocenters. The largest absolute Gasteiger partial charge is 0.492 e. The lowest BCUT2D eigenvalue weighted by atomic mass is 10.2. The fraction of sp³-hybridized carbons (Fsp3) is 0.643. The number of likely N-dealkylation sites (N-methyl/N-ethyl adjacent to an activating group) is 1. The second-order valence-electron chi connectivity index (χ2n) is 5.12. The van der Waals surface area contributed by atoms with Gasteiger partial charge in [0, 0.05) is 42.7 Å². The Kier molecular flexibility index (Phi) is 6.09. The molecule has 0 spiro atoms. The number of rotatable bonds is 7. The van der Waals surface area contributed by atoms with Gasteiger partial charge in [-0.05, 0) is 21.0 Å². The predicted octanol–water partition coefficient (Wildman–Crippen LogP) is 1.83. The molecular weight excluding hydrogens is 226 g/mol. The standard InChI is InChI=1S/C14H25N3O/c1-11(2)15-9-13-10-16-12(3)8-14(13)18-7-6-17(4)5/h8,10-11,15H,6-7,9H2,1-5H3. The molecule has 0 unspecified atom stereocenters. The Bertz CT molecular complexity index is 364. The fourth-order valence-electron chi connectivity index (χ4n) is 1.48. The molecular formula is C14H25N3O. The first-order valence-corrected chi connectivity index (χ1v) is 6.45. The van der Waals surface area contributed by atoms with E-state index < -0.39 is 0 Å². The summed E-state index contributed by atoms with van der Waals surface area (Å²) in [6.07, 6.45) is 1.90. The molecule has 0 bridgehead atoms. The van der Waals surface area contributed by atoms with Crippen LogP contribution in [0.15, 0.2) is 12.3 Å². The molecule has 18 heavy (non-hydrogen) atoms. The van der Waals surface area contributed by atoms with Gasteiger partial charge in [0.1, 0.15) is 12.4 Å². The van der Waals surface area contributed by atoms with Crippen molar-refractivity contribution in [3.8, 4) is 5.75 Å². The summed E-state index contributed by atoms with van der Waals surface area (Å²) >= 11 is 0. The van der Waals surface area contributed by atoms with Crippen molar-refractivity contribution in [1.29, 1.82) is 0 Å². The van der Waals surface area contributed by atoms with Gasteiger partial charge in [-0.1, -0.05) is 13.8 Å². The van der Waals surface area contributed by atoms with Crippen molar-refractivity contribution in [3.63, 3.8) is 0 Å². The van der Waals surface area contributed by atoms with Gasteiger partial charge in [0.25, 0.3) is 0 Å². The van der Waals surface area contributed by atoms with Crippen LogP contribution in [0.25, 0.3) is 0 Å². The number of hydrogen-bond donors (Lipinski definition) is 1. The highest BCUT2D eigenvalue weighted by Crippen LogP contribution is 2.18. The SMILES string of the molecule is Cc1cc(OCCN(C)C)c(CNC(C)C)cn1. The Morgan fingerprint density at radius 2 is 2.11 bits per heavy atom. The van der Waals surface area contributed by atoms with E-state index in [0.29, 0.717) is 12.6 Å². The lowest BCUT2D eigenvalue weighted by Crippen LogP contribution is -2.23. The van der Waals surface area contributed by atoms with Gasteiger partial charge in [0.15, 0.2) is 0 Å². The van der Waals surface area contributed by atoms with Crippen molar-refractivity contribution in [1.82, 2.24) is 15.2 Å². The summed E-state index contributed by atoms with van der Waals surface area (Å²) in [5.41, 5.74) is 2.11. The maximum Gasteiger partial charge on any atom is 0.127 e. The zero-order valence-corrected chi connectivity index (χ0v) is 12.2. The third kappa shape index (κ3) is 5.47. The summed E-state index contributed by atoms with van der Waals surface area (Å²) in [4.78, 5) is 6.44. The zero-order valence-electron chi connectivity index (χ0n) is 12.2. The minimum absolute atomic E-state index is 0.459. The van der Waals surface area contributed by atoms with Crippen molar-refractivity contribution in [3.05, 3.63) is 23.5 Å². The molecule has 1 aromatic rings. The van der Waals surface area contributed by atoms with E-state index in [1.165, 1.54) is 0 Å². The van der Waals surface area contributed by atoms with Gasteiger partial charge in [-0.2, -0.15) is 0 Å². The van der Waals surface area contributed by atoms with Gasteiger partial charge in [-0.3, -0.25) is 4.98 Å². The lowest BCUT2D eigenvalue weighted by Gasteiger charge is -2.15. The Hall–Kier alpha value is -1.13. The van der Waals surface area contributed by atoms with E-state index in [1.54, 1.807) is 0 Å². The number of ether oxygens (including phenoxy) is 1. The number of pyridine rings is 1. The first-order valence-electron chi connectivity index (χ1n) is 6.45. The zero-order chi connectivity index (χ0) is 13.5. The Labute approximate surface area is 110 Å². The average molecular weight is 251 g/mol. The van der Waals surface area contributed by atoms with Gasteiger partial charge < -0.3 is 15.0 Å². The summed E-state index contributed by atoms with van der Waals surface area (Å²) in [5.74, 6) is 0.942. The molecule has 0 aromatic carbocycles. The van der Waals surface area contributed by atoms with E-state index in [0.717, 1.165) is 30.1 Å². The van der Waals surface area contributed by atoms with Crippen LogP contribution in [0.5, 0.6) is 5.75 Å². The molecule has 0 fully saturated rings. The summed E-state index contributed by atoms with van der Waals surface area (Å²) in [6.45, 7) is 8.66. The third-order valence-electron chi connectivity index (χ3n) is 2.58. The third-order valence-corrected chi connectivity index (χ3v) is 2.58. The van der Waals surface area contributed by atoms with E-state index in [9.17, 15) is 0 Å². The monoisotopic (exact) mass is 251 g/mol. The van der Waals surface area contributed by atoms with Crippen LogP contribution in [-0.4, -0.2) is 43.2 Å². The maximum absolute atomic E-state index is 5.84. The van der Waals surface area contributed by atoms with Crippen LogP contribution in [0.3, 0.4) is 0 Å². The van der Waals surface area contributed by atoms with Gasteiger partial charge in [-0.15, -0.1) is 0 Å². The summed E-state index contributed by atoms with van der Waals surface area (Å²) in [6, 6.07) is 2.47. The first kappa shape index (κ1) is 14.9. The minimum atomic E-state index is 0.459. The molecule has 1 rings (SSSR count). The van der Waals surface area contributed by atoms with Crippen LogP contribution >= 0.6 is 0 Å². The Morgan fingerprint density at radius 3 is 2.72 bits per heavy atom. The minimum Gasteiger partial charge on any atom is -0.492 e. The van der Waals surface area contributed by atoms with Crippen LogP contribution in [0, 0.1) is 6.92 Å². The molecule has 0 amide bonds. The second kappa shape index (κ2) is 7.34. The van der Waals surface area contributed by atoms with Crippen LogP contribution in [0.4, 0.5) is 0 Å². The molecule has 1 N–H and O–H groups in total. The normalized spacial score (nSPS) is 11.3. The van der Waals surface area contributed by atoms with Crippen molar-refractivity contribution < 1.29 is 4.74 Å². The van der Waals surface area contributed by atoms with E-state index in [1.807, 2.05) is 33.3 Å². The summed E-state index contributed by atoms with van der Waals surface area (Å²) in [7, 11) is 4.09. The van der Waals surface area contributed by atoms with Gasteiger partial charge in [0.2, 0.25) is 0 Å². The summed E-state index contributed by atoms with van der Waals surface area (Å²) in [5, 5.41) is 3.39. The molecule has 0 aliphatic heterocycles. The van der Waals surface area contributed by atoms with Crippen LogP contribution in [0.2, 0.25) is 0 Å². The highest BCUT2D eigenvalue weighted by Gasteiger charge is 2.06.